The van der Waals surface area contributed by atoms with Gasteiger partial charge in [0.25, 0.3) is 0 Å². The second-order valence-corrected chi connectivity index (χ2v) is 5.23. The van der Waals surface area contributed by atoms with Crippen molar-refractivity contribution < 1.29 is 9.32 Å². The van der Waals surface area contributed by atoms with Crippen molar-refractivity contribution in [2.45, 2.75) is 71.6 Å². The average molecular weight is 246 g/mol. The van der Waals surface area contributed by atoms with Gasteiger partial charge in [0.15, 0.2) is 0 Å². The van der Waals surface area contributed by atoms with Crippen molar-refractivity contribution in [1.29, 1.82) is 0 Å². The first-order valence-electron chi connectivity index (χ1n) is 6.73. The molecule has 0 saturated carbocycles. The standard InChI is InChI=1S/C13H27O2P/c1-3-5-7-8-9-11-13(14)15-16-12-10-6-4-2/h16H,3-12H2,1-2H3. The first-order valence-corrected chi connectivity index (χ1v) is 7.85. The first-order chi connectivity index (χ1) is 7.81. The first kappa shape index (κ1) is 15.9. The lowest BCUT2D eigenvalue weighted by Gasteiger charge is -2.03. The van der Waals surface area contributed by atoms with Gasteiger partial charge in [-0.15, -0.1) is 0 Å². The van der Waals surface area contributed by atoms with E-state index in [4.69, 9.17) is 4.52 Å². The van der Waals surface area contributed by atoms with Crippen LogP contribution in [0.4, 0.5) is 0 Å². The molecule has 0 fully saturated rings. The highest BCUT2D eigenvalue weighted by atomic mass is 31.1. The van der Waals surface area contributed by atoms with Crippen LogP contribution < -0.4 is 0 Å². The Morgan fingerprint density at radius 1 is 0.938 bits per heavy atom. The third-order valence-corrected chi connectivity index (χ3v) is 3.48. The van der Waals surface area contributed by atoms with Crippen molar-refractivity contribution in [2.24, 2.45) is 0 Å². The molecule has 1 atom stereocenters. The van der Waals surface area contributed by atoms with E-state index in [9.17, 15) is 4.79 Å². The molecule has 0 radical (unpaired) electrons. The molecule has 0 aliphatic carbocycles. The molecule has 0 heterocycles. The predicted molar refractivity (Wildman–Crippen MR) is 72.2 cm³/mol. The summed E-state index contributed by atoms with van der Waals surface area (Å²) < 4.78 is 5.18. The second-order valence-electron chi connectivity index (χ2n) is 4.24. The van der Waals surface area contributed by atoms with Crippen LogP contribution in [0.5, 0.6) is 0 Å². The zero-order valence-corrected chi connectivity index (χ0v) is 11.9. The van der Waals surface area contributed by atoms with Gasteiger partial charge >= 0.3 is 5.97 Å². The summed E-state index contributed by atoms with van der Waals surface area (Å²) in [4.78, 5) is 11.3. The van der Waals surface area contributed by atoms with E-state index >= 15 is 0 Å². The van der Waals surface area contributed by atoms with Gasteiger partial charge in [-0.05, 0) is 12.8 Å². The van der Waals surface area contributed by atoms with E-state index in [0.717, 1.165) is 12.6 Å². The molecule has 0 spiro atoms. The molecule has 16 heavy (non-hydrogen) atoms. The molecule has 0 amide bonds. The molecule has 0 N–H and O–H groups in total. The Hall–Kier alpha value is -0.100. The lowest BCUT2D eigenvalue weighted by Crippen LogP contribution is -1.98. The monoisotopic (exact) mass is 246 g/mol. The molecule has 0 aromatic carbocycles. The normalized spacial score (nSPS) is 11.1. The molecule has 0 aliphatic rings. The van der Waals surface area contributed by atoms with Crippen LogP contribution in [0.3, 0.4) is 0 Å². The summed E-state index contributed by atoms with van der Waals surface area (Å²) >= 11 is 0. The van der Waals surface area contributed by atoms with E-state index in [1.165, 1.54) is 44.9 Å². The van der Waals surface area contributed by atoms with Crippen molar-refractivity contribution in [3.05, 3.63) is 0 Å². The molecule has 0 aromatic heterocycles. The molecular formula is C13H27O2P. The number of hydrogen-bond donors (Lipinski definition) is 0. The minimum Gasteiger partial charge on any atom is -0.448 e. The predicted octanol–water partition coefficient (Wildman–Crippen LogP) is 4.67. The number of hydrogen-bond acceptors (Lipinski definition) is 2. The van der Waals surface area contributed by atoms with Gasteiger partial charge in [0.2, 0.25) is 0 Å². The fourth-order valence-electron chi connectivity index (χ4n) is 1.50. The highest BCUT2D eigenvalue weighted by Crippen LogP contribution is 2.17. The van der Waals surface area contributed by atoms with Crippen LogP contribution in [0, 0.1) is 0 Å². The van der Waals surface area contributed by atoms with Gasteiger partial charge < -0.3 is 4.52 Å². The fraction of sp³-hybridized carbons (Fsp3) is 0.923. The molecule has 0 aromatic rings. The van der Waals surface area contributed by atoms with Gasteiger partial charge in [0.1, 0.15) is 0 Å². The van der Waals surface area contributed by atoms with Crippen molar-refractivity contribution in [2.75, 3.05) is 6.16 Å². The summed E-state index contributed by atoms with van der Waals surface area (Å²) in [6, 6.07) is 0. The highest BCUT2D eigenvalue weighted by molar-refractivity contribution is 7.32. The van der Waals surface area contributed by atoms with Crippen LogP contribution in [-0.2, 0) is 9.32 Å². The van der Waals surface area contributed by atoms with Crippen molar-refractivity contribution in [3.63, 3.8) is 0 Å². The third kappa shape index (κ3) is 12.0. The van der Waals surface area contributed by atoms with E-state index in [1.54, 1.807) is 0 Å². The molecule has 0 aliphatic heterocycles. The van der Waals surface area contributed by atoms with E-state index in [0.29, 0.717) is 15.2 Å². The van der Waals surface area contributed by atoms with E-state index in [2.05, 4.69) is 13.8 Å². The summed E-state index contributed by atoms with van der Waals surface area (Å²) in [6.45, 7) is 4.39. The lowest BCUT2D eigenvalue weighted by molar-refractivity contribution is -0.133. The summed E-state index contributed by atoms with van der Waals surface area (Å²) in [5.41, 5.74) is 0. The van der Waals surface area contributed by atoms with Crippen molar-refractivity contribution in [3.8, 4) is 0 Å². The minimum atomic E-state index is 0.00586. The van der Waals surface area contributed by atoms with Crippen LogP contribution in [-0.4, -0.2) is 12.1 Å². The zero-order valence-electron chi connectivity index (χ0n) is 10.9. The SMILES string of the molecule is CCCCCCCC(=O)OPCCCCC. The number of unbranched alkanes of at least 4 members (excludes halogenated alkanes) is 6. The average Bonchev–Trinajstić information content (AvgIpc) is 2.28. The van der Waals surface area contributed by atoms with Gasteiger partial charge in [-0.25, -0.2) is 0 Å². The van der Waals surface area contributed by atoms with Gasteiger partial charge in [0.05, 0.1) is 8.81 Å². The second kappa shape index (κ2) is 13.0. The van der Waals surface area contributed by atoms with E-state index in [1.807, 2.05) is 0 Å². The molecule has 2 nitrogen and oxygen atoms in total. The van der Waals surface area contributed by atoms with E-state index < -0.39 is 0 Å². The fourth-order valence-corrected chi connectivity index (χ4v) is 2.26. The molecule has 0 bridgehead atoms. The van der Waals surface area contributed by atoms with Gasteiger partial charge in [-0.2, -0.15) is 0 Å². The minimum absolute atomic E-state index is 0.00586. The summed E-state index contributed by atoms with van der Waals surface area (Å²) in [5.74, 6) is 0.00586. The molecule has 1 unspecified atom stereocenters. The van der Waals surface area contributed by atoms with Gasteiger partial charge in [0, 0.05) is 12.6 Å². The largest absolute Gasteiger partial charge is 0.448 e. The topological polar surface area (TPSA) is 26.3 Å². The third-order valence-electron chi connectivity index (χ3n) is 2.55. The van der Waals surface area contributed by atoms with Crippen molar-refractivity contribution >= 4 is 14.8 Å². The Bertz CT molecular complexity index is 144. The molecule has 3 heteroatoms. The molecule has 0 rings (SSSR count). The zero-order chi connectivity index (χ0) is 12.1. The Balaban J connectivity index is 3.12. The van der Waals surface area contributed by atoms with Crippen molar-refractivity contribution in [1.82, 2.24) is 0 Å². The van der Waals surface area contributed by atoms with Gasteiger partial charge in [-0.3, -0.25) is 4.79 Å². The number of carbonyl (C=O) groups is 1. The molecule has 96 valence electrons. The van der Waals surface area contributed by atoms with Crippen LogP contribution in [0.2, 0.25) is 0 Å². The quantitative estimate of drug-likeness (QED) is 0.391. The summed E-state index contributed by atoms with van der Waals surface area (Å²) in [6.07, 6.45) is 11.3. The van der Waals surface area contributed by atoms with Crippen LogP contribution in [0.1, 0.15) is 71.6 Å². The number of rotatable bonds is 11. The van der Waals surface area contributed by atoms with Gasteiger partial charge in [-0.1, -0.05) is 52.4 Å². The smallest absolute Gasteiger partial charge is 0.308 e. The highest BCUT2D eigenvalue weighted by Gasteiger charge is 2.01. The Morgan fingerprint density at radius 3 is 2.25 bits per heavy atom. The maximum atomic E-state index is 11.3. The molecular weight excluding hydrogens is 219 g/mol. The van der Waals surface area contributed by atoms with Crippen LogP contribution in [0.15, 0.2) is 0 Å². The maximum absolute atomic E-state index is 11.3. The Kier molecular flexibility index (Phi) is 12.9. The Morgan fingerprint density at radius 2 is 1.56 bits per heavy atom. The van der Waals surface area contributed by atoms with E-state index in [-0.39, 0.29) is 5.97 Å². The van der Waals surface area contributed by atoms with Crippen LogP contribution >= 0.6 is 8.81 Å². The van der Waals surface area contributed by atoms with Crippen LogP contribution in [0.25, 0.3) is 0 Å². The number of carbonyl (C=O) groups excluding carboxylic acids is 1. The summed E-state index contributed by atoms with van der Waals surface area (Å²) in [7, 11) is 0.385. The molecule has 0 saturated heterocycles. The maximum Gasteiger partial charge on any atom is 0.308 e. The Labute approximate surface area is 102 Å². The lowest BCUT2D eigenvalue weighted by atomic mass is 10.1. The summed E-state index contributed by atoms with van der Waals surface area (Å²) in [5, 5.41) is 0.